The number of hydrogen-bond donors (Lipinski definition) is 1. The Bertz CT molecular complexity index is 408. The molecule has 4 nitrogen and oxygen atoms in total. The molecule has 0 aromatic carbocycles. The highest BCUT2D eigenvalue weighted by Gasteiger charge is 2.58. The van der Waals surface area contributed by atoms with Crippen LogP contribution in [0.2, 0.25) is 0 Å². The second-order valence-corrected chi connectivity index (χ2v) is 4.22. The van der Waals surface area contributed by atoms with Crippen molar-refractivity contribution in [3.8, 4) is 5.88 Å². The van der Waals surface area contributed by atoms with Gasteiger partial charge < -0.3 is 10.1 Å². The summed E-state index contributed by atoms with van der Waals surface area (Å²) in [7, 11) is 1.50. The van der Waals surface area contributed by atoms with Gasteiger partial charge in [0.2, 0.25) is 11.8 Å². The minimum Gasteiger partial charge on any atom is -0.481 e. The number of carbonyl (C=O) groups is 1. The number of ether oxygens (including phenoxy) is 1. The van der Waals surface area contributed by atoms with Crippen molar-refractivity contribution < 1.29 is 13.9 Å². The van der Waals surface area contributed by atoms with Gasteiger partial charge in [-0.25, -0.2) is 9.37 Å². The molecule has 16 heavy (non-hydrogen) atoms. The highest BCUT2D eigenvalue weighted by atomic mass is 35.5. The Labute approximate surface area is 96.8 Å². The molecule has 1 aromatic heterocycles. The standard InChI is InChI=1S/C10H10ClFN2O2/c1-16-8-3-2-6(5-13-8)14-9(15)7-4-10(7,11)12/h2-3,5,7H,4H2,1H3,(H,14,15). The molecule has 0 saturated heterocycles. The molecule has 0 radical (unpaired) electrons. The predicted octanol–water partition coefficient (Wildman–Crippen LogP) is 1.95. The summed E-state index contributed by atoms with van der Waals surface area (Å²) in [5, 5.41) is 0.658. The average molecular weight is 245 g/mol. The van der Waals surface area contributed by atoms with E-state index >= 15 is 0 Å². The van der Waals surface area contributed by atoms with Crippen LogP contribution < -0.4 is 10.1 Å². The zero-order valence-corrected chi connectivity index (χ0v) is 9.29. The maximum absolute atomic E-state index is 13.0. The molecule has 1 aliphatic carbocycles. The topological polar surface area (TPSA) is 51.2 Å². The van der Waals surface area contributed by atoms with E-state index in [0.29, 0.717) is 11.6 Å². The molecule has 0 bridgehead atoms. The summed E-state index contributed by atoms with van der Waals surface area (Å²) >= 11 is 5.35. The third-order valence-electron chi connectivity index (χ3n) is 2.36. The van der Waals surface area contributed by atoms with Crippen LogP contribution in [0.25, 0.3) is 0 Å². The second-order valence-electron chi connectivity index (χ2n) is 3.60. The minimum absolute atomic E-state index is 0.0595. The van der Waals surface area contributed by atoms with Gasteiger partial charge in [-0.3, -0.25) is 4.79 Å². The SMILES string of the molecule is COc1ccc(NC(=O)C2CC2(F)Cl)cn1. The second kappa shape index (κ2) is 3.90. The largest absolute Gasteiger partial charge is 0.481 e. The number of alkyl halides is 2. The molecule has 1 fully saturated rings. The fourth-order valence-electron chi connectivity index (χ4n) is 1.30. The van der Waals surface area contributed by atoms with Gasteiger partial charge in [0.1, 0.15) is 0 Å². The number of aromatic nitrogens is 1. The normalized spacial score (nSPS) is 27.3. The van der Waals surface area contributed by atoms with E-state index in [2.05, 4.69) is 10.3 Å². The Hall–Kier alpha value is -1.36. The first-order chi connectivity index (χ1) is 7.53. The number of hydrogen-bond acceptors (Lipinski definition) is 3. The maximum Gasteiger partial charge on any atom is 0.232 e. The van der Waals surface area contributed by atoms with Crippen molar-refractivity contribution in [1.29, 1.82) is 0 Å². The van der Waals surface area contributed by atoms with Crippen LogP contribution in [-0.2, 0) is 4.79 Å². The van der Waals surface area contributed by atoms with Crippen molar-refractivity contribution in [2.24, 2.45) is 5.92 Å². The summed E-state index contributed by atoms with van der Waals surface area (Å²) in [5.41, 5.74) is 0.491. The van der Waals surface area contributed by atoms with E-state index in [0.717, 1.165) is 0 Å². The van der Waals surface area contributed by atoms with Crippen LogP contribution >= 0.6 is 11.6 Å². The molecule has 1 N–H and O–H groups in total. The molecule has 6 heteroatoms. The van der Waals surface area contributed by atoms with Crippen LogP contribution in [0.4, 0.5) is 10.1 Å². The number of amides is 1. The highest BCUT2D eigenvalue weighted by molar-refractivity contribution is 6.27. The van der Waals surface area contributed by atoms with Gasteiger partial charge in [0.05, 0.1) is 24.9 Å². The highest BCUT2D eigenvalue weighted by Crippen LogP contribution is 2.51. The van der Waals surface area contributed by atoms with Crippen molar-refractivity contribution in [3.63, 3.8) is 0 Å². The summed E-state index contributed by atoms with van der Waals surface area (Å²) in [6.45, 7) is 0. The van der Waals surface area contributed by atoms with E-state index in [1.54, 1.807) is 12.1 Å². The average Bonchev–Trinajstić information content (AvgIpc) is 2.89. The lowest BCUT2D eigenvalue weighted by molar-refractivity contribution is -0.117. The van der Waals surface area contributed by atoms with Crippen LogP contribution in [0.1, 0.15) is 6.42 Å². The summed E-state index contributed by atoms with van der Waals surface area (Å²) < 4.78 is 17.9. The van der Waals surface area contributed by atoms with E-state index in [4.69, 9.17) is 16.3 Å². The van der Waals surface area contributed by atoms with Crippen molar-refractivity contribution in [1.82, 2.24) is 4.98 Å². The molecular formula is C10H10ClFN2O2. The molecular weight excluding hydrogens is 235 g/mol. The van der Waals surface area contributed by atoms with E-state index in [9.17, 15) is 9.18 Å². The third-order valence-corrected chi connectivity index (χ3v) is 2.77. The monoisotopic (exact) mass is 244 g/mol. The zero-order valence-electron chi connectivity index (χ0n) is 8.54. The first-order valence-electron chi connectivity index (χ1n) is 4.71. The molecule has 1 saturated carbocycles. The van der Waals surface area contributed by atoms with Gasteiger partial charge in [-0.15, -0.1) is 0 Å². The van der Waals surface area contributed by atoms with E-state index < -0.39 is 17.0 Å². The molecule has 2 unspecified atom stereocenters. The van der Waals surface area contributed by atoms with Crippen LogP contribution in [0.15, 0.2) is 18.3 Å². The Kier molecular flexibility index (Phi) is 2.71. The summed E-state index contributed by atoms with van der Waals surface area (Å²) in [5.74, 6) is -0.748. The van der Waals surface area contributed by atoms with Gasteiger partial charge in [0.25, 0.3) is 0 Å². The van der Waals surface area contributed by atoms with Gasteiger partial charge in [0.15, 0.2) is 5.13 Å². The number of pyridine rings is 1. The van der Waals surface area contributed by atoms with E-state index in [1.807, 2.05) is 0 Å². The quantitative estimate of drug-likeness (QED) is 0.827. The van der Waals surface area contributed by atoms with Gasteiger partial charge >= 0.3 is 0 Å². The number of nitrogens with zero attached hydrogens (tertiary/aromatic N) is 1. The molecule has 1 aromatic rings. The lowest BCUT2D eigenvalue weighted by Gasteiger charge is -2.04. The summed E-state index contributed by atoms with van der Waals surface area (Å²) in [4.78, 5) is 15.4. The first kappa shape index (κ1) is 11.1. The molecule has 2 atom stereocenters. The third kappa shape index (κ3) is 2.24. The van der Waals surface area contributed by atoms with Crippen LogP contribution in [0.5, 0.6) is 5.88 Å². The fourth-order valence-corrected chi connectivity index (χ4v) is 1.56. The number of halogens is 2. The number of methoxy groups -OCH3 is 1. The van der Waals surface area contributed by atoms with Gasteiger partial charge in [-0.2, -0.15) is 0 Å². The summed E-state index contributed by atoms with van der Waals surface area (Å²) in [6.07, 6.45) is 1.50. The van der Waals surface area contributed by atoms with Crippen molar-refractivity contribution in [2.45, 2.75) is 11.5 Å². The Morgan fingerprint density at radius 2 is 2.44 bits per heavy atom. The van der Waals surface area contributed by atoms with Crippen LogP contribution in [0, 0.1) is 5.92 Å². The van der Waals surface area contributed by atoms with Gasteiger partial charge in [-0.1, -0.05) is 11.6 Å². The minimum atomic E-state index is -1.87. The van der Waals surface area contributed by atoms with Crippen molar-refractivity contribution in [2.75, 3.05) is 12.4 Å². The predicted molar refractivity (Wildman–Crippen MR) is 57.2 cm³/mol. The van der Waals surface area contributed by atoms with Crippen LogP contribution in [0.3, 0.4) is 0 Å². The zero-order chi connectivity index (χ0) is 11.8. The number of anilines is 1. The molecule has 86 valence electrons. The lowest BCUT2D eigenvalue weighted by atomic mass is 10.3. The molecule has 2 rings (SSSR count). The fraction of sp³-hybridized carbons (Fsp3) is 0.400. The molecule has 1 amide bonds. The van der Waals surface area contributed by atoms with Crippen molar-refractivity contribution >= 4 is 23.2 Å². The smallest absolute Gasteiger partial charge is 0.232 e. The van der Waals surface area contributed by atoms with E-state index in [-0.39, 0.29) is 6.42 Å². The lowest BCUT2D eigenvalue weighted by Crippen LogP contribution is -2.17. The molecule has 1 heterocycles. The van der Waals surface area contributed by atoms with Crippen molar-refractivity contribution in [3.05, 3.63) is 18.3 Å². The van der Waals surface area contributed by atoms with Gasteiger partial charge in [-0.05, 0) is 6.07 Å². The maximum atomic E-state index is 13.0. The Morgan fingerprint density at radius 3 is 2.88 bits per heavy atom. The van der Waals surface area contributed by atoms with E-state index in [1.165, 1.54) is 13.3 Å². The first-order valence-corrected chi connectivity index (χ1v) is 5.09. The summed E-state index contributed by atoms with van der Waals surface area (Å²) in [6, 6.07) is 3.23. The van der Waals surface area contributed by atoms with Gasteiger partial charge in [0, 0.05) is 12.5 Å². The molecule has 0 spiro atoms. The van der Waals surface area contributed by atoms with Crippen LogP contribution in [-0.4, -0.2) is 23.1 Å². The Morgan fingerprint density at radius 1 is 1.75 bits per heavy atom. The molecule has 1 aliphatic rings. The number of rotatable bonds is 3. The number of nitrogens with one attached hydrogen (secondary N) is 1. The number of carbonyl (C=O) groups excluding carboxylic acids is 1. The Balaban J connectivity index is 1.96. The molecule has 0 aliphatic heterocycles.